The fourth-order valence-electron chi connectivity index (χ4n) is 3.79. The van der Waals surface area contributed by atoms with Crippen LogP contribution in [0.1, 0.15) is 29.3 Å². The van der Waals surface area contributed by atoms with Gasteiger partial charge in [0.2, 0.25) is 5.88 Å². The van der Waals surface area contributed by atoms with E-state index in [0.29, 0.717) is 23.0 Å². The second kappa shape index (κ2) is 8.46. The number of nitrogens with one attached hydrogen (secondary N) is 1. The van der Waals surface area contributed by atoms with Crippen molar-refractivity contribution in [1.82, 2.24) is 9.97 Å². The van der Waals surface area contributed by atoms with Crippen molar-refractivity contribution in [3.8, 4) is 11.6 Å². The van der Waals surface area contributed by atoms with Gasteiger partial charge in [-0.25, -0.2) is 9.97 Å². The quantitative estimate of drug-likeness (QED) is 0.452. The van der Waals surface area contributed by atoms with Gasteiger partial charge in [-0.1, -0.05) is 6.92 Å². The van der Waals surface area contributed by atoms with E-state index in [1.165, 1.54) is 36.0 Å². The molecule has 1 amide bonds. The van der Waals surface area contributed by atoms with Crippen molar-refractivity contribution in [1.29, 1.82) is 0 Å². The number of hydrogen-bond acceptors (Lipinski definition) is 8. The molecule has 2 heterocycles. The highest BCUT2D eigenvalue weighted by molar-refractivity contribution is 7.18. The molecule has 2 aromatic heterocycles. The van der Waals surface area contributed by atoms with Gasteiger partial charge in [0, 0.05) is 22.7 Å². The van der Waals surface area contributed by atoms with E-state index in [1.54, 1.807) is 18.3 Å². The molecule has 1 unspecified atom stereocenters. The number of nitro benzene ring substituents is 1. The zero-order valence-corrected chi connectivity index (χ0v) is 18.2. The number of hydrogen-bond donors (Lipinski definition) is 1. The van der Waals surface area contributed by atoms with Gasteiger partial charge in [0.15, 0.2) is 12.4 Å². The third-order valence-electron chi connectivity index (χ3n) is 5.39. The first-order valence-electron chi connectivity index (χ1n) is 9.88. The summed E-state index contributed by atoms with van der Waals surface area (Å²) in [5.74, 6) is 0.725. The maximum atomic E-state index is 12.5. The smallest absolute Gasteiger partial charge is 0.311 e. The molecule has 0 saturated carbocycles. The zero-order valence-electron chi connectivity index (χ0n) is 17.4. The molecule has 9 nitrogen and oxygen atoms in total. The van der Waals surface area contributed by atoms with E-state index in [-0.39, 0.29) is 18.0 Å². The topological polar surface area (TPSA) is 116 Å². The van der Waals surface area contributed by atoms with E-state index in [0.717, 1.165) is 29.5 Å². The lowest BCUT2D eigenvalue weighted by molar-refractivity contribution is -0.385. The normalized spacial score (nSPS) is 15.4. The minimum Gasteiger partial charge on any atom is -0.490 e. The number of methoxy groups -OCH3 is 1. The Morgan fingerprint density at radius 2 is 2.19 bits per heavy atom. The van der Waals surface area contributed by atoms with E-state index < -0.39 is 10.8 Å². The summed E-state index contributed by atoms with van der Waals surface area (Å²) >= 11 is 1.66. The molecule has 0 fully saturated rings. The molecule has 4 rings (SSSR count). The van der Waals surface area contributed by atoms with Gasteiger partial charge in [0.1, 0.15) is 11.2 Å². The average molecular weight is 442 g/mol. The van der Waals surface area contributed by atoms with Crippen molar-refractivity contribution < 1.29 is 19.2 Å². The number of rotatable bonds is 6. The Morgan fingerprint density at radius 3 is 2.94 bits per heavy atom. The minimum absolute atomic E-state index is 0.0726. The number of carbonyl (C=O) groups is 1. The standard InChI is InChI=1S/C21H22N4O5S/c1-11-4-5-13-17(6-11)31-21-19(13)20(22-10-23-21)30-9-18(26)24-14-8-16(29-3)15(25(27)28)7-12(14)2/h7-8,10-11H,4-6,9H2,1-3H3,(H,24,26). The lowest BCUT2D eigenvalue weighted by Gasteiger charge is -2.18. The van der Waals surface area contributed by atoms with Crippen molar-refractivity contribution in [3.63, 3.8) is 0 Å². The highest BCUT2D eigenvalue weighted by Crippen LogP contribution is 2.40. The number of ether oxygens (including phenoxy) is 2. The lowest BCUT2D eigenvalue weighted by atomic mass is 9.89. The molecule has 31 heavy (non-hydrogen) atoms. The summed E-state index contributed by atoms with van der Waals surface area (Å²) in [5.41, 5.74) is 2.04. The number of aromatic nitrogens is 2. The van der Waals surface area contributed by atoms with Crippen LogP contribution in [0.4, 0.5) is 11.4 Å². The number of anilines is 1. The zero-order chi connectivity index (χ0) is 22.1. The largest absolute Gasteiger partial charge is 0.490 e. The van der Waals surface area contributed by atoms with Crippen LogP contribution in [0, 0.1) is 23.0 Å². The highest BCUT2D eigenvalue weighted by atomic mass is 32.1. The molecular formula is C21H22N4O5S. The summed E-state index contributed by atoms with van der Waals surface area (Å²) < 4.78 is 10.8. The van der Waals surface area contributed by atoms with Crippen LogP contribution in [0.15, 0.2) is 18.5 Å². The number of aryl methyl sites for hydroxylation is 2. The molecule has 0 radical (unpaired) electrons. The maximum absolute atomic E-state index is 12.5. The Balaban J connectivity index is 1.51. The van der Waals surface area contributed by atoms with Crippen molar-refractivity contribution in [3.05, 3.63) is 44.6 Å². The van der Waals surface area contributed by atoms with E-state index in [1.807, 2.05) is 0 Å². The van der Waals surface area contributed by atoms with Gasteiger partial charge in [0.25, 0.3) is 5.91 Å². The summed E-state index contributed by atoms with van der Waals surface area (Å²) in [6.45, 7) is 3.68. The van der Waals surface area contributed by atoms with E-state index in [2.05, 4.69) is 22.2 Å². The molecule has 0 saturated heterocycles. The second-order valence-electron chi connectivity index (χ2n) is 7.64. The summed E-state index contributed by atoms with van der Waals surface area (Å²) in [4.78, 5) is 34.0. The number of carbonyl (C=O) groups excluding carboxylic acids is 1. The van der Waals surface area contributed by atoms with Crippen LogP contribution in [-0.2, 0) is 17.6 Å². The molecule has 0 bridgehead atoms. The van der Waals surface area contributed by atoms with Crippen molar-refractivity contribution >= 4 is 38.8 Å². The molecule has 1 N–H and O–H groups in total. The Morgan fingerprint density at radius 1 is 1.39 bits per heavy atom. The Labute approximate surface area is 182 Å². The van der Waals surface area contributed by atoms with Crippen LogP contribution in [-0.4, -0.2) is 34.5 Å². The van der Waals surface area contributed by atoms with Gasteiger partial charge in [-0.3, -0.25) is 14.9 Å². The van der Waals surface area contributed by atoms with Crippen LogP contribution in [0.2, 0.25) is 0 Å². The van der Waals surface area contributed by atoms with Crippen LogP contribution >= 0.6 is 11.3 Å². The summed E-state index contributed by atoms with van der Waals surface area (Å²) in [6.07, 6.45) is 4.53. The Bertz CT molecular complexity index is 1180. The minimum atomic E-state index is -0.525. The number of nitro groups is 1. The fraction of sp³-hybridized carbons (Fsp3) is 0.381. The predicted molar refractivity (Wildman–Crippen MR) is 117 cm³/mol. The van der Waals surface area contributed by atoms with E-state index in [4.69, 9.17) is 9.47 Å². The van der Waals surface area contributed by atoms with Crippen LogP contribution < -0.4 is 14.8 Å². The molecule has 1 aromatic carbocycles. The predicted octanol–water partition coefficient (Wildman–Crippen LogP) is 4.06. The number of fused-ring (bicyclic) bond motifs is 3. The number of amides is 1. The molecule has 0 aliphatic heterocycles. The fourth-order valence-corrected chi connectivity index (χ4v) is 5.13. The van der Waals surface area contributed by atoms with Crippen molar-refractivity contribution in [2.75, 3.05) is 19.0 Å². The van der Waals surface area contributed by atoms with Gasteiger partial charge in [0.05, 0.1) is 17.4 Å². The number of benzene rings is 1. The monoisotopic (exact) mass is 442 g/mol. The summed E-state index contributed by atoms with van der Waals surface area (Å²) in [7, 11) is 1.34. The van der Waals surface area contributed by atoms with Gasteiger partial charge in [-0.15, -0.1) is 11.3 Å². The molecule has 1 atom stereocenters. The van der Waals surface area contributed by atoms with Gasteiger partial charge >= 0.3 is 5.69 Å². The molecular weight excluding hydrogens is 420 g/mol. The summed E-state index contributed by atoms with van der Waals surface area (Å²) in [5, 5.41) is 14.8. The molecule has 0 spiro atoms. The van der Waals surface area contributed by atoms with Crippen LogP contribution in [0.5, 0.6) is 11.6 Å². The first-order valence-corrected chi connectivity index (χ1v) is 10.7. The van der Waals surface area contributed by atoms with Crippen LogP contribution in [0.3, 0.4) is 0 Å². The first-order chi connectivity index (χ1) is 14.9. The van der Waals surface area contributed by atoms with Gasteiger partial charge < -0.3 is 14.8 Å². The number of nitrogens with zero attached hydrogens (tertiary/aromatic N) is 3. The molecule has 3 aromatic rings. The Kier molecular flexibility index (Phi) is 5.73. The van der Waals surface area contributed by atoms with Crippen LogP contribution in [0.25, 0.3) is 10.2 Å². The van der Waals surface area contributed by atoms with Gasteiger partial charge in [-0.2, -0.15) is 0 Å². The molecule has 1 aliphatic rings. The molecule has 1 aliphatic carbocycles. The highest BCUT2D eigenvalue weighted by Gasteiger charge is 2.24. The van der Waals surface area contributed by atoms with E-state index >= 15 is 0 Å². The molecule has 162 valence electrons. The van der Waals surface area contributed by atoms with Crippen molar-refractivity contribution in [2.24, 2.45) is 5.92 Å². The maximum Gasteiger partial charge on any atom is 0.311 e. The van der Waals surface area contributed by atoms with E-state index in [9.17, 15) is 14.9 Å². The second-order valence-corrected chi connectivity index (χ2v) is 8.73. The molecule has 10 heteroatoms. The SMILES string of the molecule is COc1cc(NC(=O)COc2ncnc3sc4c(c23)CCC(C)C4)c(C)cc1[N+](=O)[O-]. The third-order valence-corrected chi connectivity index (χ3v) is 6.56. The van der Waals surface area contributed by atoms with Gasteiger partial charge in [-0.05, 0) is 43.2 Å². The first kappa shape index (κ1) is 21.0. The summed E-state index contributed by atoms with van der Waals surface area (Å²) in [6, 6.07) is 2.80. The third kappa shape index (κ3) is 4.15. The Hall–Kier alpha value is -3.27. The average Bonchev–Trinajstić information content (AvgIpc) is 3.11. The lowest BCUT2D eigenvalue weighted by Crippen LogP contribution is -2.21. The number of thiophene rings is 1. The van der Waals surface area contributed by atoms with Crippen molar-refractivity contribution in [2.45, 2.75) is 33.1 Å².